The van der Waals surface area contributed by atoms with Crippen LogP contribution in [0.15, 0.2) is 43.0 Å². The fraction of sp³-hybridized carbons (Fsp3) is 0.154. The van der Waals surface area contributed by atoms with Crippen LogP contribution in [-0.2, 0) is 13.6 Å². The fourth-order valence-electron chi connectivity index (χ4n) is 2.13. The molecule has 2 aromatic heterocycles. The van der Waals surface area contributed by atoms with E-state index in [4.69, 9.17) is 5.73 Å². The van der Waals surface area contributed by atoms with Gasteiger partial charge in [0, 0.05) is 24.8 Å². The quantitative estimate of drug-likeness (QED) is 0.679. The van der Waals surface area contributed by atoms with Crippen molar-refractivity contribution in [1.29, 1.82) is 0 Å². The Morgan fingerprint density at radius 3 is 2.94 bits per heavy atom. The molecule has 0 spiro atoms. The minimum Gasteiger partial charge on any atom is -0.397 e. The van der Waals surface area contributed by atoms with Gasteiger partial charge in [0.15, 0.2) is 0 Å². The van der Waals surface area contributed by atoms with Gasteiger partial charge in [-0.25, -0.2) is 4.98 Å². The Morgan fingerprint density at radius 1 is 1.29 bits per heavy atom. The van der Waals surface area contributed by atoms with E-state index in [-0.39, 0.29) is 0 Å². The van der Waals surface area contributed by atoms with Crippen molar-refractivity contribution in [2.75, 3.05) is 5.73 Å². The van der Waals surface area contributed by atoms with Gasteiger partial charge in [-0.15, -0.1) is 0 Å². The summed E-state index contributed by atoms with van der Waals surface area (Å²) in [6, 6.07) is 8.07. The average molecular weight is 226 g/mol. The first-order valence-electron chi connectivity index (χ1n) is 5.54. The minimum absolute atomic E-state index is 0.786. The third-order valence-corrected chi connectivity index (χ3v) is 3.07. The molecule has 2 heterocycles. The minimum atomic E-state index is 0.786. The monoisotopic (exact) mass is 226 g/mol. The summed E-state index contributed by atoms with van der Waals surface area (Å²) in [6.07, 6.45) is 5.75. The number of imidazole rings is 1. The van der Waals surface area contributed by atoms with Gasteiger partial charge in [-0.3, -0.25) is 0 Å². The molecule has 0 aliphatic heterocycles. The summed E-state index contributed by atoms with van der Waals surface area (Å²) in [4.78, 5) is 4.12. The standard InChI is InChI=1S/C13H14N4/c1-16-9-15-7-11(16)8-17-6-5-10-3-2-4-12(14)13(10)17/h2-7,9H,8,14H2,1H3. The van der Waals surface area contributed by atoms with Crippen LogP contribution in [0.1, 0.15) is 5.69 Å². The third kappa shape index (κ3) is 1.58. The highest BCUT2D eigenvalue weighted by Crippen LogP contribution is 2.22. The molecule has 0 saturated heterocycles. The Hall–Kier alpha value is -2.23. The van der Waals surface area contributed by atoms with E-state index in [1.165, 1.54) is 5.39 Å². The highest BCUT2D eigenvalue weighted by Gasteiger charge is 2.06. The van der Waals surface area contributed by atoms with Gasteiger partial charge in [0.1, 0.15) is 0 Å². The van der Waals surface area contributed by atoms with Gasteiger partial charge < -0.3 is 14.9 Å². The molecule has 1 aromatic carbocycles. The first kappa shape index (κ1) is 9.96. The van der Waals surface area contributed by atoms with Crippen molar-refractivity contribution in [2.45, 2.75) is 6.54 Å². The normalized spacial score (nSPS) is 11.1. The summed E-state index contributed by atoms with van der Waals surface area (Å²) in [5, 5.41) is 1.17. The molecule has 4 nitrogen and oxygen atoms in total. The molecule has 0 fully saturated rings. The number of fused-ring (bicyclic) bond motifs is 1. The molecule has 3 rings (SSSR count). The van der Waals surface area contributed by atoms with Crippen molar-refractivity contribution in [1.82, 2.24) is 14.1 Å². The van der Waals surface area contributed by atoms with Crippen LogP contribution in [0.2, 0.25) is 0 Å². The largest absolute Gasteiger partial charge is 0.397 e. The molecule has 2 N–H and O–H groups in total. The van der Waals surface area contributed by atoms with E-state index < -0.39 is 0 Å². The maximum absolute atomic E-state index is 6.03. The molecule has 0 bridgehead atoms. The molecular formula is C13H14N4. The van der Waals surface area contributed by atoms with E-state index in [0.29, 0.717) is 0 Å². The molecule has 4 heteroatoms. The number of para-hydroxylation sites is 1. The van der Waals surface area contributed by atoms with Crippen LogP contribution in [0, 0.1) is 0 Å². The number of benzene rings is 1. The summed E-state index contributed by atoms with van der Waals surface area (Å²) >= 11 is 0. The van der Waals surface area contributed by atoms with Crippen LogP contribution in [0.4, 0.5) is 5.69 Å². The summed E-state index contributed by atoms with van der Waals surface area (Å²) < 4.78 is 4.17. The Labute approximate surface area is 99.3 Å². The van der Waals surface area contributed by atoms with Crippen molar-refractivity contribution in [3.05, 3.63) is 48.7 Å². The average Bonchev–Trinajstić information content (AvgIpc) is 2.89. The van der Waals surface area contributed by atoms with Crippen LogP contribution in [0.5, 0.6) is 0 Å². The molecule has 0 atom stereocenters. The smallest absolute Gasteiger partial charge is 0.0946 e. The van der Waals surface area contributed by atoms with E-state index in [0.717, 1.165) is 23.4 Å². The lowest BCUT2D eigenvalue weighted by Crippen LogP contribution is -2.04. The number of aromatic nitrogens is 3. The Morgan fingerprint density at radius 2 is 2.18 bits per heavy atom. The fourth-order valence-corrected chi connectivity index (χ4v) is 2.13. The Balaban J connectivity index is 2.10. The molecular weight excluding hydrogens is 212 g/mol. The van der Waals surface area contributed by atoms with Crippen molar-refractivity contribution >= 4 is 16.6 Å². The van der Waals surface area contributed by atoms with Gasteiger partial charge in [-0.2, -0.15) is 0 Å². The molecule has 0 amide bonds. The molecule has 3 aromatic rings. The van der Waals surface area contributed by atoms with Gasteiger partial charge in [0.05, 0.1) is 29.8 Å². The van der Waals surface area contributed by atoms with Crippen LogP contribution in [0.3, 0.4) is 0 Å². The number of nitrogens with zero attached hydrogens (tertiary/aromatic N) is 3. The summed E-state index contributed by atoms with van der Waals surface area (Å²) in [5.74, 6) is 0. The molecule has 86 valence electrons. The zero-order valence-electron chi connectivity index (χ0n) is 9.67. The molecule has 0 aliphatic carbocycles. The number of hydrogen-bond acceptors (Lipinski definition) is 2. The lowest BCUT2D eigenvalue weighted by molar-refractivity contribution is 0.744. The second kappa shape index (κ2) is 3.66. The van der Waals surface area contributed by atoms with Crippen molar-refractivity contribution in [3.63, 3.8) is 0 Å². The van der Waals surface area contributed by atoms with Crippen molar-refractivity contribution in [3.8, 4) is 0 Å². The van der Waals surface area contributed by atoms with Gasteiger partial charge in [0.25, 0.3) is 0 Å². The Bertz CT molecular complexity index is 663. The zero-order valence-corrected chi connectivity index (χ0v) is 9.67. The molecule has 0 aliphatic rings. The van der Waals surface area contributed by atoms with Crippen LogP contribution in [0.25, 0.3) is 10.9 Å². The lowest BCUT2D eigenvalue weighted by Gasteiger charge is -2.07. The number of nitrogen functional groups attached to an aromatic ring is 1. The number of anilines is 1. The number of rotatable bonds is 2. The third-order valence-electron chi connectivity index (χ3n) is 3.07. The first-order chi connectivity index (χ1) is 8.25. The molecule has 0 saturated carbocycles. The van der Waals surface area contributed by atoms with E-state index in [2.05, 4.69) is 27.9 Å². The Kier molecular flexibility index (Phi) is 2.14. The number of nitrogens with two attached hydrogens (primary N) is 1. The predicted octanol–water partition coefficient (Wildman–Crippen LogP) is 2.01. The van der Waals surface area contributed by atoms with Gasteiger partial charge in [0.2, 0.25) is 0 Å². The van der Waals surface area contributed by atoms with Crippen molar-refractivity contribution < 1.29 is 0 Å². The van der Waals surface area contributed by atoms with Gasteiger partial charge >= 0.3 is 0 Å². The second-order valence-electron chi connectivity index (χ2n) is 4.22. The summed E-state index contributed by atoms with van der Waals surface area (Å²) in [5.41, 5.74) is 9.09. The predicted molar refractivity (Wildman–Crippen MR) is 68.7 cm³/mol. The summed E-state index contributed by atoms with van der Waals surface area (Å²) in [6.45, 7) is 0.786. The van der Waals surface area contributed by atoms with E-state index in [9.17, 15) is 0 Å². The van der Waals surface area contributed by atoms with Crippen LogP contribution >= 0.6 is 0 Å². The lowest BCUT2D eigenvalue weighted by atomic mass is 10.2. The SMILES string of the molecule is Cn1cncc1Cn1ccc2cccc(N)c21. The zero-order chi connectivity index (χ0) is 11.8. The summed E-state index contributed by atoms with van der Waals surface area (Å²) in [7, 11) is 2.00. The molecule has 0 unspecified atom stereocenters. The molecule has 17 heavy (non-hydrogen) atoms. The van der Waals surface area contributed by atoms with E-state index in [1.54, 1.807) is 0 Å². The maximum Gasteiger partial charge on any atom is 0.0946 e. The second-order valence-corrected chi connectivity index (χ2v) is 4.22. The van der Waals surface area contributed by atoms with Crippen molar-refractivity contribution in [2.24, 2.45) is 7.05 Å². The van der Waals surface area contributed by atoms with Gasteiger partial charge in [-0.1, -0.05) is 12.1 Å². The first-order valence-corrected chi connectivity index (χ1v) is 5.54. The number of aryl methyl sites for hydroxylation is 1. The maximum atomic E-state index is 6.03. The van der Waals surface area contributed by atoms with E-state index >= 15 is 0 Å². The van der Waals surface area contributed by atoms with E-state index in [1.807, 2.05) is 36.3 Å². The molecule has 0 radical (unpaired) electrons. The highest BCUT2D eigenvalue weighted by molar-refractivity contribution is 5.90. The topological polar surface area (TPSA) is 48.8 Å². The van der Waals surface area contributed by atoms with Crippen LogP contribution in [-0.4, -0.2) is 14.1 Å². The van der Waals surface area contributed by atoms with Crippen LogP contribution < -0.4 is 5.73 Å². The number of hydrogen-bond donors (Lipinski definition) is 1. The highest BCUT2D eigenvalue weighted by atomic mass is 15.1. The van der Waals surface area contributed by atoms with Gasteiger partial charge in [-0.05, 0) is 12.1 Å².